The van der Waals surface area contributed by atoms with Crippen molar-refractivity contribution >= 4 is 16.9 Å². The Hall–Kier alpha value is -1.85. The molecular weight excluding hydrogens is 292 g/mol. The first-order valence-electron chi connectivity index (χ1n) is 7.93. The number of hydrogen-bond donors (Lipinski definition) is 1. The lowest BCUT2D eigenvalue weighted by Gasteiger charge is -2.27. The maximum absolute atomic E-state index is 11.9. The lowest BCUT2D eigenvalue weighted by Crippen LogP contribution is -2.41. The van der Waals surface area contributed by atoms with Crippen LogP contribution < -0.4 is 0 Å². The van der Waals surface area contributed by atoms with E-state index in [-0.39, 0.29) is 6.54 Å². The number of fused-ring (bicyclic) bond motifs is 3. The molecule has 1 aromatic carbocycles. The summed E-state index contributed by atoms with van der Waals surface area (Å²) in [5, 5.41) is 11.8. The van der Waals surface area contributed by atoms with E-state index < -0.39 is 11.6 Å². The highest BCUT2D eigenvalue weighted by molar-refractivity contribution is 5.87. The van der Waals surface area contributed by atoms with Gasteiger partial charge in [-0.05, 0) is 45.0 Å². The molecule has 1 aliphatic heterocycles. The van der Waals surface area contributed by atoms with Gasteiger partial charge in [-0.2, -0.15) is 0 Å². The number of carbonyl (C=O) groups excluding carboxylic acids is 1. The minimum absolute atomic E-state index is 0.197. The number of aromatic nitrogens is 1. The number of likely N-dealkylation sites (N-methyl/N-ethyl adjacent to an activating group) is 1. The van der Waals surface area contributed by atoms with Crippen molar-refractivity contribution in [3.63, 3.8) is 0 Å². The maximum atomic E-state index is 11.9. The number of nitrogens with zero attached hydrogens (tertiary/aromatic N) is 2. The van der Waals surface area contributed by atoms with E-state index in [4.69, 9.17) is 4.74 Å². The maximum Gasteiger partial charge on any atom is 0.339 e. The van der Waals surface area contributed by atoms with Crippen LogP contribution in [-0.2, 0) is 29.0 Å². The van der Waals surface area contributed by atoms with Crippen LogP contribution in [-0.4, -0.2) is 46.8 Å². The molecule has 2 heterocycles. The van der Waals surface area contributed by atoms with Crippen molar-refractivity contribution in [3.8, 4) is 0 Å². The zero-order chi connectivity index (χ0) is 16.8. The molecule has 0 amide bonds. The van der Waals surface area contributed by atoms with Crippen LogP contribution in [0, 0.1) is 6.92 Å². The Kier molecular flexibility index (Phi) is 3.94. The van der Waals surface area contributed by atoms with Gasteiger partial charge in [-0.25, -0.2) is 4.79 Å². The monoisotopic (exact) mass is 316 g/mol. The standard InChI is InChI=1S/C18H24N2O3/c1-12-5-6-15-14(9-12)13-7-8-19(3)10-16(13)20(15)11-18(2,22)17(21)23-4/h5-6,9,22H,7-8,10-11H2,1-4H3. The number of benzene rings is 1. The van der Waals surface area contributed by atoms with Crippen molar-refractivity contribution < 1.29 is 14.6 Å². The number of rotatable bonds is 3. The highest BCUT2D eigenvalue weighted by atomic mass is 16.5. The van der Waals surface area contributed by atoms with Crippen molar-refractivity contribution in [2.24, 2.45) is 0 Å². The predicted molar refractivity (Wildman–Crippen MR) is 89.4 cm³/mol. The summed E-state index contributed by atoms with van der Waals surface area (Å²) in [5.74, 6) is -0.607. The van der Waals surface area contributed by atoms with Gasteiger partial charge in [0, 0.05) is 29.7 Å². The van der Waals surface area contributed by atoms with Crippen LogP contribution in [0.15, 0.2) is 18.2 Å². The van der Waals surface area contributed by atoms with E-state index in [1.54, 1.807) is 0 Å². The van der Waals surface area contributed by atoms with Crippen LogP contribution in [0.3, 0.4) is 0 Å². The fraction of sp³-hybridized carbons (Fsp3) is 0.500. The van der Waals surface area contributed by atoms with Crippen LogP contribution in [0.25, 0.3) is 10.9 Å². The molecule has 23 heavy (non-hydrogen) atoms. The van der Waals surface area contributed by atoms with E-state index in [0.717, 1.165) is 25.0 Å². The first-order chi connectivity index (χ1) is 10.8. The summed E-state index contributed by atoms with van der Waals surface area (Å²) in [5.41, 5.74) is 3.26. The SMILES string of the molecule is COC(=O)C(C)(O)Cn1c2c(c3cc(C)ccc31)CCN(C)C2. The van der Waals surface area contributed by atoms with Gasteiger partial charge in [0.05, 0.1) is 13.7 Å². The van der Waals surface area contributed by atoms with Crippen molar-refractivity contribution in [1.29, 1.82) is 0 Å². The third-order valence-electron chi connectivity index (χ3n) is 4.70. The molecule has 5 heteroatoms. The van der Waals surface area contributed by atoms with Gasteiger partial charge in [0.2, 0.25) is 0 Å². The molecule has 1 atom stereocenters. The summed E-state index contributed by atoms with van der Waals surface area (Å²) in [4.78, 5) is 14.1. The molecule has 5 nitrogen and oxygen atoms in total. The Morgan fingerprint density at radius 2 is 2.17 bits per heavy atom. The van der Waals surface area contributed by atoms with Gasteiger partial charge < -0.3 is 19.3 Å². The summed E-state index contributed by atoms with van der Waals surface area (Å²) < 4.78 is 6.83. The van der Waals surface area contributed by atoms with E-state index >= 15 is 0 Å². The molecule has 0 aliphatic carbocycles. The number of ether oxygens (including phenoxy) is 1. The molecule has 0 fully saturated rings. The second-order valence-corrected chi connectivity index (χ2v) is 6.79. The average molecular weight is 316 g/mol. The number of aryl methyl sites for hydroxylation is 1. The van der Waals surface area contributed by atoms with Gasteiger partial charge >= 0.3 is 5.97 Å². The highest BCUT2D eigenvalue weighted by Gasteiger charge is 2.34. The Labute approximate surface area is 136 Å². The number of carbonyl (C=O) groups is 1. The van der Waals surface area contributed by atoms with Crippen molar-refractivity contribution in [2.45, 2.75) is 39.0 Å². The molecule has 0 spiro atoms. The minimum atomic E-state index is -1.55. The Bertz CT molecular complexity index is 761. The van der Waals surface area contributed by atoms with Crippen molar-refractivity contribution in [1.82, 2.24) is 9.47 Å². The number of esters is 1. The zero-order valence-corrected chi connectivity index (χ0v) is 14.2. The van der Waals surface area contributed by atoms with E-state index in [2.05, 4.69) is 41.6 Å². The third kappa shape index (κ3) is 2.75. The number of hydrogen-bond acceptors (Lipinski definition) is 4. The summed E-state index contributed by atoms with van der Waals surface area (Å²) >= 11 is 0. The van der Waals surface area contributed by atoms with Crippen LogP contribution in [0.5, 0.6) is 0 Å². The Morgan fingerprint density at radius 1 is 1.43 bits per heavy atom. The van der Waals surface area contributed by atoms with Gasteiger partial charge in [-0.1, -0.05) is 11.6 Å². The van der Waals surface area contributed by atoms with Crippen LogP contribution in [0.4, 0.5) is 0 Å². The Balaban J connectivity index is 2.16. The molecule has 0 saturated carbocycles. The molecule has 1 aliphatic rings. The second kappa shape index (κ2) is 5.65. The van der Waals surface area contributed by atoms with E-state index in [1.807, 2.05) is 0 Å². The largest absolute Gasteiger partial charge is 0.467 e. The lowest BCUT2D eigenvalue weighted by molar-refractivity contribution is -0.161. The lowest BCUT2D eigenvalue weighted by atomic mass is 10.0. The van der Waals surface area contributed by atoms with Crippen LogP contribution >= 0.6 is 0 Å². The van der Waals surface area contributed by atoms with E-state index in [1.165, 1.54) is 36.2 Å². The molecule has 0 radical (unpaired) electrons. The zero-order valence-electron chi connectivity index (χ0n) is 14.2. The first kappa shape index (κ1) is 16.0. The molecule has 0 saturated heterocycles. The van der Waals surface area contributed by atoms with Crippen molar-refractivity contribution in [3.05, 3.63) is 35.0 Å². The minimum Gasteiger partial charge on any atom is -0.467 e. The van der Waals surface area contributed by atoms with Crippen molar-refractivity contribution in [2.75, 3.05) is 20.7 Å². The van der Waals surface area contributed by atoms with Gasteiger partial charge in [0.1, 0.15) is 0 Å². The molecule has 0 bridgehead atoms. The van der Waals surface area contributed by atoms with Crippen LogP contribution in [0.2, 0.25) is 0 Å². The highest BCUT2D eigenvalue weighted by Crippen LogP contribution is 2.32. The van der Waals surface area contributed by atoms with E-state index in [0.29, 0.717) is 0 Å². The second-order valence-electron chi connectivity index (χ2n) is 6.79. The molecule has 1 unspecified atom stereocenters. The molecule has 1 aromatic heterocycles. The van der Waals surface area contributed by atoms with Gasteiger partial charge in [0.25, 0.3) is 0 Å². The van der Waals surface area contributed by atoms with Gasteiger partial charge in [-0.3, -0.25) is 0 Å². The summed E-state index contributed by atoms with van der Waals surface area (Å²) in [7, 11) is 3.39. The summed E-state index contributed by atoms with van der Waals surface area (Å²) in [6.45, 7) is 5.64. The fourth-order valence-electron chi connectivity index (χ4n) is 3.46. The number of methoxy groups -OCH3 is 1. The van der Waals surface area contributed by atoms with Gasteiger partial charge in [-0.15, -0.1) is 0 Å². The normalized spacial score (nSPS) is 17.8. The van der Waals surface area contributed by atoms with E-state index in [9.17, 15) is 9.90 Å². The third-order valence-corrected chi connectivity index (χ3v) is 4.70. The molecule has 3 rings (SSSR count). The predicted octanol–water partition coefficient (Wildman–Crippen LogP) is 1.86. The smallest absolute Gasteiger partial charge is 0.339 e. The molecule has 2 aromatic rings. The number of aliphatic hydroxyl groups is 1. The first-order valence-corrected chi connectivity index (χ1v) is 7.93. The topological polar surface area (TPSA) is 54.7 Å². The van der Waals surface area contributed by atoms with Gasteiger partial charge in [0.15, 0.2) is 5.60 Å². The quantitative estimate of drug-likeness (QED) is 0.878. The average Bonchev–Trinajstić information content (AvgIpc) is 2.79. The van der Waals surface area contributed by atoms with Crippen LogP contribution in [0.1, 0.15) is 23.7 Å². The summed E-state index contributed by atoms with van der Waals surface area (Å²) in [6, 6.07) is 6.35. The molecular formula is C18H24N2O3. The Morgan fingerprint density at radius 3 is 2.87 bits per heavy atom. The molecule has 124 valence electrons. The fourth-order valence-corrected chi connectivity index (χ4v) is 3.46. The molecule has 1 N–H and O–H groups in total. The summed E-state index contributed by atoms with van der Waals surface area (Å²) in [6.07, 6.45) is 0.985.